The average molecular weight is 628 g/mol. The molecule has 1 unspecified atom stereocenters. The number of nitrogens with one attached hydrogen (secondary N) is 4. The molecule has 3 rings (SSSR count). The van der Waals surface area contributed by atoms with E-state index >= 15 is 0 Å². The fourth-order valence-electron chi connectivity index (χ4n) is 6.00. The minimum atomic E-state index is -1.14. The van der Waals surface area contributed by atoms with Crippen molar-refractivity contribution in [2.75, 3.05) is 18.4 Å². The molecule has 1 heterocycles. The molecule has 4 N–H and O–H groups in total. The number of benzene rings is 1. The minimum Gasteiger partial charge on any atom is -0.444 e. The fraction of sp³-hybridized carbons (Fsp3) is 0.636. The second-order valence-corrected chi connectivity index (χ2v) is 14.6. The van der Waals surface area contributed by atoms with E-state index < -0.39 is 71.2 Å². The molecule has 0 radical (unpaired) electrons. The lowest BCUT2D eigenvalue weighted by molar-refractivity contribution is -0.145. The number of carbonyl (C=O) groups excluding carboxylic acids is 6. The molecular weight excluding hydrogens is 578 g/mol. The molecule has 1 saturated heterocycles. The van der Waals surface area contributed by atoms with Gasteiger partial charge in [-0.1, -0.05) is 66.2 Å². The van der Waals surface area contributed by atoms with E-state index in [-0.39, 0.29) is 23.7 Å². The third-order valence-corrected chi connectivity index (χ3v) is 8.44. The largest absolute Gasteiger partial charge is 0.444 e. The van der Waals surface area contributed by atoms with Gasteiger partial charge in [-0.3, -0.25) is 24.0 Å². The fourth-order valence-corrected chi connectivity index (χ4v) is 6.00. The van der Waals surface area contributed by atoms with Gasteiger partial charge in [0.15, 0.2) is 0 Å². The van der Waals surface area contributed by atoms with Crippen LogP contribution in [0.3, 0.4) is 0 Å². The Morgan fingerprint density at radius 1 is 0.978 bits per heavy atom. The second kappa shape index (κ2) is 13.6. The molecule has 1 aromatic carbocycles. The molecule has 1 aliphatic carbocycles. The first kappa shape index (κ1) is 35.5. The highest BCUT2D eigenvalue weighted by Gasteiger charge is 2.70. The summed E-state index contributed by atoms with van der Waals surface area (Å²) >= 11 is 0. The van der Waals surface area contributed by atoms with Crippen molar-refractivity contribution in [1.82, 2.24) is 20.9 Å². The van der Waals surface area contributed by atoms with Gasteiger partial charge >= 0.3 is 6.09 Å². The Balaban J connectivity index is 1.73. The van der Waals surface area contributed by atoms with Crippen LogP contribution in [-0.4, -0.2) is 77.2 Å². The van der Waals surface area contributed by atoms with Crippen molar-refractivity contribution in [1.29, 1.82) is 0 Å². The van der Waals surface area contributed by atoms with Crippen LogP contribution in [0.2, 0.25) is 0 Å². The highest BCUT2D eigenvalue weighted by Crippen LogP contribution is 2.65. The highest BCUT2D eigenvalue weighted by molar-refractivity contribution is 6.38. The SMILES string of the molecule is CCCC(NC(=O)[C@@H]1[C@@H]2[C@H](CN1C(=O)[C@@H](NC(=O)OC(C)(C)C)C(C)(C)C)C2(C)C)C(=O)C(=O)NCC(=O)Nc1ccccc1. The predicted molar refractivity (Wildman–Crippen MR) is 169 cm³/mol. The zero-order valence-corrected chi connectivity index (χ0v) is 27.9. The third kappa shape index (κ3) is 8.82. The van der Waals surface area contributed by atoms with Crippen molar-refractivity contribution >= 4 is 41.2 Å². The van der Waals surface area contributed by atoms with Crippen LogP contribution in [0.5, 0.6) is 0 Å². The van der Waals surface area contributed by atoms with Crippen LogP contribution >= 0.6 is 0 Å². The number of ketones is 1. The smallest absolute Gasteiger partial charge is 0.408 e. The van der Waals surface area contributed by atoms with Gasteiger partial charge in [0, 0.05) is 12.2 Å². The minimum absolute atomic E-state index is 0.0612. The van der Waals surface area contributed by atoms with Gasteiger partial charge in [0.2, 0.25) is 23.5 Å². The molecule has 0 spiro atoms. The first-order valence-electron chi connectivity index (χ1n) is 15.5. The molecule has 12 nitrogen and oxygen atoms in total. The lowest BCUT2D eigenvalue weighted by atomic mass is 9.85. The molecule has 5 atom stereocenters. The molecule has 5 amide bonds. The van der Waals surface area contributed by atoms with Crippen molar-refractivity contribution in [3.8, 4) is 0 Å². The van der Waals surface area contributed by atoms with E-state index in [1.807, 2.05) is 41.5 Å². The van der Waals surface area contributed by atoms with Crippen LogP contribution in [0.4, 0.5) is 10.5 Å². The lowest BCUT2D eigenvalue weighted by Crippen LogP contribution is -2.60. The quantitative estimate of drug-likeness (QED) is 0.274. The van der Waals surface area contributed by atoms with Gasteiger partial charge in [0.25, 0.3) is 5.91 Å². The van der Waals surface area contributed by atoms with Gasteiger partial charge in [-0.2, -0.15) is 0 Å². The van der Waals surface area contributed by atoms with Crippen molar-refractivity contribution in [2.24, 2.45) is 22.7 Å². The number of hydrogen-bond donors (Lipinski definition) is 4. The number of piperidine rings is 1. The first-order valence-corrected chi connectivity index (χ1v) is 15.5. The van der Waals surface area contributed by atoms with Crippen molar-refractivity contribution in [2.45, 2.75) is 98.9 Å². The number of fused-ring (bicyclic) bond motifs is 1. The molecule has 2 fully saturated rings. The van der Waals surface area contributed by atoms with Gasteiger partial charge in [-0.05, 0) is 62.0 Å². The van der Waals surface area contributed by atoms with Gasteiger partial charge in [-0.25, -0.2) is 4.79 Å². The average Bonchev–Trinajstić information content (AvgIpc) is 3.25. The summed E-state index contributed by atoms with van der Waals surface area (Å²) in [7, 11) is 0. The van der Waals surface area contributed by atoms with Gasteiger partial charge in [-0.15, -0.1) is 0 Å². The molecule has 0 bridgehead atoms. The summed E-state index contributed by atoms with van der Waals surface area (Å²) < 4.78 is 5.41. The molecule has 12 heteroatoms. The van der Waals surface area contributed by atoms with Gasteiger partial charge in [0.1, 0.15) is 17.7 Å². The van der Waals surface area contributed by atoms with E-state index in [2.05, 4.69) is 21.3 Å². The molecule has 45 heavy (non-hydrogen) atoms. The van der Waals surface area contributed by atoms with E-state index in [4.69, 9.17) is 4.74 Å². The summed E-state index contributed by atoms with van der Waals surface area (Å²) in [5.41, 5.74) is -1.13. The van der Waals surface area contributed by atoms with Gasteiger partial charge < -0.3 is 30.9 Å². The predicted octanol–water partition coefficient (Wildman–Crippen LogP) is 3.02. The molecular formula is C33H49N5O7. The van der Waals surface area contributed by atoms with Crippen LogP contribution in [-0.2, 0) is 28.7 Å². The monoisotopic (exact) mass is 627 g/mol. The number of ether oxygens (including phenoxy) is 1. The van der Waals surface area contributed by atoms with Crippen LogP contribution in [0.25, 0.3) is 0 Å². The summed E-state index contributed by atoms with van der Waals surface area (Å²) in [4.78, 5) is 80.3. The number of likely N-dealkylation sites (tertiary alicyclic amines) is 1. The van der Waals surface area contributed by atoms with Crippen LogP contribution < -0.4 is 21.3 Å². The summed E-state index contributed by atoms with van der Waals surface area (Å²) in [6.45, 7) is 16.4. The first-order chi connectivity index (χ1) is 20.8. The number of hydrogen-bond acceptors (Lipinski definition) is 7. The summed E-state index contributed by atoms with van der Waals surface area (Å²) in [6, 6.07) is 5.67. The Morgan fingerprint density at radius 2 is 1.60 bits per heavy atom. The maximum Gasteiger partial charge on any atom is 0.408 e. The molecule has 1 aliphatic heterocycles. The van der Waals surface area contributed by atoms with E-state index in [0.29, 0.717) is 18.7 Å². The standard InChI is InChI=1S/C33H49N5O7/c1-10-14-21(25(40)28(42)34-17-22(39)35-19-15-12-11-13-16-19)36-27(41)24-23-20(33(23,8)9)18-38(24)29(43)26(31(2,3)4)37-30(44)45-32(5,6)7/h11-13,15-16,20-21,23-24,26H,10,14,17-18H2,1-9H3,(H,34,42)(H,35,39)(H,36,41)(H,37,44)/t20-,21?,23-,24-,26+/m0/s1. The topological polar surface area (TPSA) is 163 Å². The van der Waals surface area contributed by atoms with Crippen molar-refractivity contribution in [3.05, 3.63) is 30.3 Å². The van der Waals surface area contributed by atoms with Crippen molar-refractivity contribution < 1.29 is 33.5 Å². The number of carbonyl (C=O) groups is 6. The molecule has 248 valence electrons. The number of alkyl carbamates (subject to hydrolysis) is 1. The maximum atomic E-state index is 14.0. The lowest BCUT2D eigenvalue weighted by Gasteiger charge is -2.38. The second-order valence-electron chi connectivity index (χ2n) is 14.6. The number of rotatable bonds is 11. The Labute approximate surface area is 265 Å². The van der Waals surface area contributed by atoms with Crippen LogP contribution in [0.1, 0.15) is 75.2 Å². The molecule has 2 aliphatic rings. The number of amides is 5. The number of para-hydroxylation sites is 1. The zero-order valence-electron chi connectivity index (χ0n) is 27.9. The van der Waals surface area contributed by atoms with E-state index in [1.165, 1.54) is 4.90 Å². The van der Waals surface area contributed by atoms with E-state index in [9.17, 15) is 28.8 Å². The summed E-state index contributed by atoms with van der Waals surface area (Å²) in [5, 5.41) is 10.4. The van der Waals surface area contributed by atoms with Crippen LogP contribution in [0, 0.1) is 22.7 Å². The number of anilines is 1. The Hall–Kier alpha value is -3.96. The molecule has 0 aromatic heterocycles. The highest BCUT2D eigenvalue weighted by atomic mass is 16.6. The number of Topliss-reactive ketones (excluding diaryl/α,β-unsaturated/α-hetero) is 1. The summed E-state index contributed by atoms with van der Waals surface area (Å²) in [6.07, 6.45) is -0.0506. The van der Waals surface area contributed by atoms with Gasteiger partial charge in [0.05, 0.1) is 12.6 Å². The molecule has 1 aromatic rings. The zero-order chi connectivity index (χ0) is 33.9. The van der Waals surface area contributed by atoms with Crippen LogP contribution in [0.15, 0.2) is 30.3 Å². The maximum absolute atomic E-state index is 14.0. The summed E-state index contributed by atoms with van der Waals surface area (Å²) in [5.74, 6) is -3.42. The Kier molecular flexibility index (Phi) is 10.7. The van der Waals surface area contributed by atoms with E-state index in [1.54, 1.807) is 51.1 Å². The third-order valence-electron chi connectivity index (χ3n) is 8.44. The molecule has 1 saturated carbocycles. The van der Waals surface area contributed by atoms with Crippen molar-refractivity contribution in [3.63, 3.8) is 0 Å². The normalized spacial score (nSPS) is 21.4. The van der Waals surface area contributed by atoms with E-state index in [0.717, 1.165) is 0 Å². The number of nitrogens with zero attached hydrogens (tertiary/aromatic N) is 1. The Morgan fingerprint density at radius 3 is 2.16 bits per heavy atom. The Bertz CT molecular complexity index is 1300.